The molecule has 4 aliphatic rings. The molecular formula is C41H45ClF3N7O5S. The van der Waals surface area contributed by atoms with Crippen molar-refractivity contribution in [3.63, 3.8) is 0 Å². The van der Waals surface area contributed by atoms with Crippen LogP contribution in [0.1, 0.15) is 79.2 Å². The summed E-state index contributed by atoms with van der Waals surface area (Å²) in [6.07, 6.45) is 1.21. The first-order valence-corrected chi connectivity index (χ1v) is 20.7. The predicted molar refractivity (Wildman–Crippen MR) is 215 cm³/mol. The molecule has 17 heteroatoms. The number of benzene rings is 2. The Hall–Kier alpha value is -4.59. The van der Waals surface area contributed by atoms with Crippen molar-refractivity contribution >= 4 is 66.9 Å². The van der Waals surface area contributed by atoms with Crippen LogP contribution in [-0.2, 0) is 9.47 Å². The lowest BCUT2D eigenvalue weighted by atomic mass is 9.95. The summed E-state index contributed by atoms with van der Waals surface area (Å²) in [6, 6.07) is 5.58. The number of carbonyl (C=O) groups excluding carboxylic acids is 2. The molecule has 2 aromatic carbocycles. The number of halogens is 4. The van der Waals surface area contributed by atoms with Gasteiger partial charge in [-0.3, -0.25) is 15.1 Å². The number of aromatic nitrogens is 2. The van der Waals surface area contributed by atoms with Gasteiger partial charge in [-0.15, -0.1) is 11.3 Å². The van der Waals surface area contributed by atoms with Crippen molar-refractivity contribution in [1.82, 2.24) is 19.8 Å². The maximum absolute atomic E-state index is 17.5. The highest BCUT2D eigenvalue weighted by Crippen LogP contribution is 2.47. The van der Waals surface area contributed by atoms with Gasteiger partial charge < -0.3 is 19.1 Å². The number of hydrogen-bond acceptors (Lipinski definition) is 11. The Morgan fingerprint density at radius 2 is 1.78 bits per heavy atom. The van der Waals surface area contributed by atoms with Gasteiger partial charge >= 0.3 is 18.2 Å². The fraction of sp³-hybridized carbons (Fsp3) is 0.537. The third kappa shape index (κ3) is 7.34. The fourth-order valence-electron chi connectivity index (χ4n) is 9.02. The smallest absolute Gasteiger partial charge is 0.412 e. The summed E-state index contributed by atoms with van der Waals surface area (Å²) in [5.41, 5.74) is -2.30. The molecule has 2 bridgehead atoms. The second-order valence-electron chi connectivity index (χ2n) is 17.7. The van der Waals surface area contributed by atoms with Gasteiger partial charge in [0.2, 0.25) is 0 Å². The van der Waals surface area contributed by atoms with Crippen molar-refractivity contribution in [2.24, 2.45) is 0 Å². The van der Waals surface area contributed by atoms with E-state index < -0.39 is 46.7 Å². The molecule has 3 unspecified atom stereocenters. The number of alkyl halides is 1. The highest BCUT2D eigenvalue weighted by molar-refractivity contribution is 7.23. The van der Waals surface area contributed by atoms with Crippen LogP contribution in [0.5, 0.6) is 6.01 Å². The second kappa shape index (κ2) is 14.6. The van der Waals surface area contributed by atoms with Crippen molar-refractivity contribution in [3.05, 3.63) is 40.4 Å². The van der Waals surface area contributed by atoms with Crippen LogP contribution in [0, 0.1) is 23.0 Å². The second-order valence-corrected chi connectivity index (χ2v) is 19.1. The van der Waals surface area contributed by atoms with Crippen molar-refractivity contribution in [3.8, 4) is 23.2 Å². The van der Waals surface area contributed by atoms with Crippen LogP contribution in [-0.4, -0.2) is 99.7 Å². The number of rotatable bonds is 6. The van der Waals surface area contributed by atoms with Crippen LogP contribution >= 0.6 is 22.9 Å². The Kier molecular flexibility index (Phi) is 10.1. The molecule has 1 N–H and O–H groups in total. The van der Waals surface area contributed by atoms with E-state index in [4.69, 9.17) is 30.8 Å². The lowest BCUT2D eigenvalue weighted by Crippen LogP contribution is -2.57. The van der Waals surface area contributed by atoms with Gasteiger partial charge in [0.05, 0.1) is 32.9 Å². The summed E-state index contributed by atoms with van der Waals surface area (Å²) < 4.78 is 65.1. The molecule has 4 saturated heterocycles. The zero-order valence-corrected chi connectivity index (χ0v) is 34.8. The SMILES string of the molecule is CC(C)(C)OC(=O)Nc1sc2c(F)ccc(-c3c(Cl)cc4c(N5CC6CCC(C5)N6C(=O)OC(C)(C)C)nc(OCC56CCCN5C[C@H](F)C6)nc4c3F)c2c1C#N. The van der Waals surface area contributed by atoms with Gasteiger partial charge in [-0.1, -0.05) is 17.7 Å². The highest BCUT2D eigenvalue weighted by Gasteiger charge is 2.50. The monoisotopic (exact) mass is 839 g/mol. The minimum atomic E-state index is -0.987. The van der Waals surface area contributed by atoms with E-state index in [2.05, 4.69) is 21.3 Å². The van der Waals surface area contributed by atoms with Crippen molar-refractivity contribution in [2.75, 3.05) is 43.0 Å². The number of ether oxygens (including phenoxy) is 3. The molecule has 0 radical (unpaired) electrons. The number of hydrogen-bond donors (Lipinski definition) is 1. The summed E-state index contributed by atoms with van der Waals surface area (Å²) >= 11 is 7.81. The quantitative estimate of drug-likeness (QED) is 0.200. The van der Waals surface area contributed by atoms with E-state index in [1.54, 1.807) is 31.7 Å². The number of amides is 2. The Balaban J connectivity index is 1.23. The normalized spacial score (nSPS) is 23.4. The number of piperazine rings is 1. The summed E-state index contributed by atoms with van der Waals surface area (Å²) in [4.78, 5) is 41.4. The Bertz CT molecular complexity index is 2360. The average molecular weight is 840 g/mol. The van der Waals surface area contributed by atoms with Gasteiger partial charge in [-0.05, 0) is 91.5 Å². The van der Waals surface area contributed by atoms with Crippen molar-refractivity contribution < 1.29 is 37.0 Å². The summed E-state index contributed by atoms with van der Waals surface area (Å²) in [7, 11) is 0. The van der Waals surface area contributed by atoms with E-state index in [0.717, 1.165) is 49.6 Å². The summed E-state index contributed by atoms with van der Waals surface area (Å²) in [5, 5.41) is 13.2. The Morgan fingerprint density at radius 1 is 1.07 bits per heavy atom. The molecule has 4 atom stereocenters. The molecule has 58 heavy (non-hydrogen) atoms. The van der Waals surface area contributed by atoms with Gasteiger partial charge in [0, 0.05) is 42.4 Å². The van der Waals surface area contributed by atoms with E-state index in [0.29, 0.717) is 31.9 Å². The van der Waals surface area contributed by atoms with Gasteiger partial charge in [0.1, 0.15) is 52.2 Å². The number of carbonyl (C=O) groups is 2. The molecule has 4 fully saturated rings. The molecule has 8 rings (SSSR count). The number of nitrogens with zero attached hydrogens (tertiary/aromatic N) is 6. The topological polar surface area (TPSA) is 133 Å². The molecule has 308 valence electrons. The minimum absolute atomic E-state index is 0.00418. The molecule has 4 aliphatic heterocycles. The van der Waals surface area contributed by atoms with Crippen LogP contribution in [0.15, 0.2) is 18.2 Å². The molecule has 0 aliphatic carbocycles. The lowest BCUT2D eigenvalue weighted by molar-refractivity contribution is 0.0122. The zero-order chi connectivity index (χ0) is 41.5. The standard InChI is InChI=1S/C41H45ClF3N7O5S/c1-39(2,3)56-37(53)49-35-26(16-46)29-24(10-11-28(44)33(29)58-35)30-27(42)14-25-32(31(30)45)47-36(55-20-41-12-7-13-51(41)17-21(43)15-41)48-34(25)50-18-22-8-9-23(19-50)52(22)38(54)57-40(4,5)6/h10-11,14,21-23H,7-9,12-13,15,17-20H2,1-6H3,(H,49,53)/t21-,22?,23?,41?/m1/s1. The van der Waals surface area contributed by atoms with Gasteiger partial charge in [-0.25, -0.2) is 22.8 Å². The van der Waals surface area contributed by atoms with Crippen molar-refractivity contribution in [1.29, 1.82) is 5.26 Å². The van der Waals surface area contributed by atoms with Gasteiger partial charge in [0.15, 0.2) is 5.82 Å². The number of fused-ring (bicyclic) bond motifs is 5. The van der Waals surface area contributed by atoms with Crippen LogP contribution in [0.25, 0.3) is 32.1 Å². The predicted octanol–water partition coefficient (Wildman–Crippen LogP) is 9.21. The lowest BCUT2D eigenvalue weighted by Gasteiger charge is -2.42. The third-order valence-electron chi connectivity index (χ3n) is 11.2. The Labute approximate surface area is 343 Å². The van der Waals surface area contributed by atoms with E-state index in [9.17, 15) is 19.2 Å². The first-order valence-electron chi connectivity index (χ1n) is 19.5. The molecule has 6 heterocycles. The number of anilines is 2. The first kappa shape index (κ1) is 40.2. The van der Waals surface area contributed by atoms with Crippen LogP contribution < -0.4 is 15.0 Å². The third-order valence-corrected chi connectivity index (χ3v) is 12.7. The van der Waals surface area contributed by atoms with Gasteiger partial charge in [0.25, 0.3) is 0 Å². The van der Waals surface area contributed by atoms with Gasteiger partial charge in [-0.2, -0.15) is 15.2 Å². The highest BCUT2D eigenvalue weighted by atomic mass is 35.5. The molecule has 0 spiro atoms. The first-order chi connectivity index (χ1) is 27.3. The fourth-order valence-corrected chi connectivity index (χ4v) is 10.4. The molecule has 2 amide bonds. The molecule has 4 aromatic rings. The van der Waals surface area contributed by atoms with Crippen molar-refractivity contribution in [2.45, 2.75) is 109 Å². The van der Waals surface area contributed by atoms with E-state index in [1.165, 1.54) is 6.07 Å². The minimum Gasteiger partial charge on any atom is -0.461 e. The number of nitriles is 1. The molecule has 12 nitrogen and oxygen atoms in total. The largest absolute Gasteiger partial charge is 0.461 e. The summed E-state index contributed by atoms with van der Waals surface area (Å²) in [5.74, 6) is -1.19. The summed E-state index contributed by atoms with van der Waals surface area (Å²) in [6.45, 7) is 12.4. The zero-order valence-electron chi connectivity index (χ0n) is 33.2. The van der Waals surface area contributed by atoms with Crippen LogP contribution in [0.2, 0.25) is 5.02 Å². The van der Waals surface area contributed by atoms with E-state index in [-0.39, 0.29) is 72.4 Å². The van der Waals surface area contributed by atoms with E-state index in [1.807, 2.05) is 25.7 Å². The molecule has 0 saturated carbocycles. The molecular weight excluding hydrogens is 795 g/mol. The Morgan fingerprint density at radius 3 is 2.45 bits per heavy atom. The molecule has 2 aromatic heterocycles. The maximum atomic E-state index is 17.5. The number of thiophene rings is 1. The van der Waals surface area contributed by atoms with E-state index >= 15 is 8.78 Å². The van der Waals surface area contributed by atoms with Crippen LogP contribution in [0.4, 0.5) is 33.6 Å². The maximum Gasteiger partial charge on any atom is 0.412 e. The number of nitrogens with one attached hydrogen (secondary N) is 1. The van der Waals surface area contributed by atoms with Crippen LogP contribution in [0.3, 0.4) is 0 Å². The average Bonchev–Trinajstić information content (AvgIpc) is 3.84.